The molecule has 1 aliphatic carbocycles. The first-order chi connectivity index (χ1) is 6.16. The second-order valence-corrected chi connectivity index (χ2v) is 3.82. The predicted molar refractivity (Wildman–Crippen MR) is 43.0 cm³/mol. The van der Waals surface area contributed by atoms with Crippen molar-refractivity contribution in [2.24, 2.45) is 5.92 Å². The number of ether oxygens (including phenoxy) is 1. The molecule has 1 unspecified atom stereocenters. The Hall–Kier alpha value is -1.06. The summed E-state index contributed by atoms with van der Waals surface area (Å²) in [6, 6.07) is 0. The van der Waals surface area contributed by atoms with E-state index in [1.807, 2.05) is 0 Å². The molecule has 1 heterocycles. The number of carbonyl (C=O) groups excluding carboxylic acids is 1. The molecular formula is C9H12O4. The molecule has 0 aromatic rings. The Balaban J connectivity index is 2.15. The molecule has 4 heteroatoms. The molecule has 1 atom stereocenters. The molecule has 2 fully saturated rings. The van der Waals surface area contributed by atoms with Gasteiger partial charge in [-0.15, -0.1) is 0 Å². The van der Waals surface area contributed by atoms with Crippen molar-refractivity contribution in [3.05, 3.63) is 0 Å². The molecule has 0 radical (unpaired) electrons. The van der Waals surface area contributed by atoms with Gasteiger partial charge in [0.1, 0.15) is 5.60 Å². The van der Waals surface area contributed by atoms with Gasteiger partial charge in [0.05, 0.1) is 0 Å². The summed E-state index contributed by atoms with van der Waals surface area (Å²) in [5.41, 5.74) is -0.638. The van der Waals surface area contributed by atoms with Crippen molar-refractivity contribution in [2.45, 2.75) is 37.7 Å². The fraction of sp³-hybridized carbons (Fsp3) is 0.778. The second kappa shape index (κ2) is 2.72. The lowest BCUT2D eigenvalue weighted by Crippen LogP contribution is -2.61. The van der Waals surface area contributed by atoms with E-state index in [0.29, 0.717) is 0 Å². The van der Waals surface area contributed by atoms with Crippen molar-refractivity contribution in [1.29, 1.82) is 0 Å². The van der Waals surface area contributed by atoms with Crippen LogP contribution in [0.3, 0.4) is 0 Å². The van der Waals surface area contributed by atoms with Gasteiger partial charge in [0.25, 0.3) is 0 Å². The van der Waals surface area contributed by atoms with Gasteiger partial charge in [-0.05, 0) is 25.7 Å². The number of aliphatic carboxylic acids is 1. The summed E-state index contributed by atoms with van der Waals surface area (Å²) in [5.74, 6) is -2.49. The minimum atomic E-state index is -1.03. The first kappa shape index (κ1) is 8.53. The molecule has 2 rings (SSSR count). The number of carboxylic acids is 1. The zero-order valence-electron chi connectivity index (χ0n) is 7.28. The van der Waals surface area contributed by atoms with Crippen molar-refractivity contribution < 1.29 is 19.4 Å². The Morgan fingerprint density at radius 1 is 1.38 bits per heavy atom. The Kier molecular flexibility index (Phi) is 1.78. The molecule has 0 aromatic heterocycles. The van der Waals surface area contributed by atoms with Crippen LogP contribution in [0.4, 0.5) is 0 Å². The van der Waals surface area contributed by atoms with E-state index in [2.05, 4.69) is 0 Å². The zero-order valence-corrected chi connectivity index (χ0v) is 7.28. The van der Waals surface area contributed by atoms with Crippen LogP contribution < -0.4 is 0 Å². The van der Waals surface area contributed by atoms with Gasteiger partial charge in [-0.3, -0.25) is 9.59 Å². The summed E-state index contributed by atoms with van der Waals surface area (Å²) < 4.78 is 5.02. The van der Waals surface area contributed by atoms with Gasteiger partial charge in [0.2, 0.25) is 0 Å². The highest BCUT2D eigenvalue weighted by molar-refractivity contribution is 5.99. The van der Waals surface area contributed by atoms with E-state index in [0.717, 1.165) is 32.1 Å². The number of hydrogen-bond acceptors (Lipinski definition) is 3. The minimum Gasteiger partial charge on any atom is -0.480 e. The third kappa shape index (κ3) is 1.12. The number of rotatable bonds is 1. The number of carboxylic acid groups (broad SMARTS) is 1. The van der Waals surface area contributed by atoms with Gasteiger partial charge in [-0.25, -0.2) is 0 Å². The standard InChI is InChI=1S/C9H12O4/c10-7(11)6-8(12)13-9(6)4-2-1-3-5-9/h6H,1-5H2,(H,10,11). The van der Waals surface area contributed by atoms with E-state index < -0.39 is 23.5 Å². The average Bonchev–Trinajstić information content (AvgIpc) is 2.03. The maximum absolute atomic E-state index is 10.9. The molecule has 2 aliphatic rings. The van der Waals surface area contributed by atoms with Crippen LogP contribution in [-0.2, 0) is 14.3 Å². The smallest absolute Gasteiger partial charge is 0.325 e. The maximum atomic E-state index is 10.9. The highest BCUT2D eigenvalue weighted by Gasteiger charge is 2.60. The Labute approximate surface area is 75.9 Å². The first-order valence-electron chi connectivity index (χ1n) is 4.61. The molecule has 0 bridgehead atoms. The van der Waals surface area contributed by atoms with Gasteiger partial charge in [0.15, 0.2) is 5.92 Å². The van der Waals surface area contributed by atoms with E-state index >= 15 is 0 Å². The molecule has 13 heavy (non-hydrogen) atoms. The highest BCUT2D eigenvalue weighted by Crippen LogP contribution is 2.45. The normalized spacial score (nSPS) is 30.8. The lowest BCUT2D eigenvalue weighted by atomic mass is 9.71. The van der Waals surface area contributed by atoms with Crippen LogP contribution in [0.5, 0.6) is 0 Å². The molecule has 72 valence electrons. The van der Waals surface area contributed by atoms with Crippen LogP contribution in [-0.4, -0.2) is 22.6 Å². The molecular weight excluding hydrogens is 172 g/mol. The zero-order chi connectivity index (χ0) is 9.47. The summed E-state index contributed by atoms with van der Waals surface area (Å²) in [6.07, 6.45) is 4.49. The third-order valence-corrected chi connectivity index (χ3v) is 3.01. The van der Waals surface area contributed by atoms with Gasteiger partial charge in [-0.2, -0.15) is 0 Å². The SMILES string of the molecule is O=C(O)C1C(=O)OC12CCCCC2. The number of hydrogen-bond donors (Lipinski definition) is 1. The highest BCUT2D eigenvalue weighted by atomic mass is 16.6. The summed E-state index contributed by atoms with van der Waals surface area (Å²) in [5, 5.41) is 8.82. The summed E-state index contributed by atoms with van der Waals surface area (Å²) in [4.78, 5) is 21.7. The Morgan fingerprint density at radius 3 is 2.46 bits per heavy atom. The number of esters is 1. The van der Waals surface area contributed by atoms with Crippen LogP contribution in [0, 0.1) is 5.92 Å². The van der Waals surface area contributed by atoms with Crippen LogP contribution in [0.2, 0.25) is 0 Å². The van der Waals surface area contributed by atoms with Gasteiger partial charge >= 0.3 is 11.9 Å². The van der Waals surface area contributed by atoms with Crippen molar-refractivity contribution in [1.82, 2.24) is 0 Å². The second-order valence-electron chi connectivity index (χ2n) is 3.82. The quantitative estimate of drug-likeness (QED) is 0.486. The predicted octanol–water partition coefficient (Wildman–Crippen LogP) is 0.947. The Morgan fingerprint density at radius 2 is 2.00 bits per heavy atom. The molecule has 1 saturated heterocycles. The molecule has 1 N–H and O–H groups in total. The summed E-state index contributed by atoms with van der Waals surface area (Å²) in [7, 11) is 0. The van der Waals surface area contributed by atoms with Crippen LogP contribution in [0.1, 0.15) is 32.1 Å². The van der Waals surface area contributed by atoms with Crippen molar-refractivity contribution in [3.63, 3.8) is 0 Å². The fourth-order valence-corrected chi connectivity index (χ4v) is 2.34. The molecule has 1 aliphatic heterocycles. The molecule has 0 amide bonds. The van der Waals surface area contributed by atoms with E-state index in [-0.39, 0.29) is 0 Å². The Bertz CT molecular complexity index is 244. The third-order valence-electron chi connectivity index (χ3n) is 3.01. The van der Waals surface area contributed by atoms with Gasteiger partial charge < -0.3 is 9.84 Å². The number of carbonyl (C=O) groups is 2. The van der Waals surface area contributed by atoms with E-state index in [1.165, 1.54) is 0 Å². The molecule has 0 aromatic carbocycles. The van der Waals surface area contributed by atoms with Crippen LogP contribution in [0.15, 0.2) is 0 Å². The first-order valence-corrected chi connectivity index (χ1v) is 4.61. The summed E-state index contributed by atoms with van der Waals surface area (Å²) in [6.45, 7) is 0. The van der Waals surface area contributed by atoms with E-state index in [1.54, 1.807) is 0 Å². The summed E-state index contributed by atoms with van der Waals surface area (Å²) >= 11 is 0. The minimum absolute atomic E-state index is 0.561. The van der Waals surface area contributed by atoms with Crippen molar-refractivity contribution >= 4 is 11.9 Å². The molecule has 1 spiro atoms. The lowest BCUT2D eigenvalue weighted by Gasteiger charge is -2.47. The average molecular weight is 184 g/mol. The largest absolute Gasteiger partial charge is 0.480 e. The van der Waals surface area contributed by atoms with Gasteiger partial charge in [0, 0.05) is 0 Å². The maximum Gasteiger partial charge on any atom is 0.325 e. The monoisotopic (exact) mass is 184 g/mol. The van der Waals surface area contributed by atoms with E-state index in [9.17, 15) is 9.59 Å². The molecule has 4 nitrogen and oxygen atoms in total. The topological polar surface area (TPSA) is 63.6 Å². The lowest BCUT2D eigenvalue weighted by molar-refractivity contribution is -0.223. The van der Waals surface area contributed by atoms with Crippen LogP contribution >= 0.6 is 0 Å². The van der Waals surface area contributed by atoms with Crippen molar-refractivity contribution in [2.75, 3.05) is 0 Å². The molecule has 1 saturated carbocycles. The van der Waals surface area contributed by atoms with Crippen molar-refractivity contribution in [3.8, 4) is 0 Å². The van der Waals surface area contributed by atoms with Crippen LogP contribution in [0.25, 0.3) is 0 Å². The van der Waals surface area contributed by atoms with Gasteiger partial charge in [-0.1, -0.05) is 6.42 Å². The van der Waals surface area contributed by atoms with E-state index in [4.69, 9.17) is 9.84 Å². The fourth-order valence-electron chi connectivity index (χ4n) is 2.34.